The fourth-order valence-electron chi connectivity index (χ4n) is 2.82. The number of nitrogens with zero attached hydrogens (tertiary/aromatic N) is 4. The highest BCUT2D eigenvalue weighted by atomic mass is 35.5. The topological polar surface area (TPSA) is 114 Å². The van der Waals surface area contributed by atoms with Gasteiger partial charge in [-0.25, -0.2) is 4.79 Å². The third kappa shape index (κ3) is 3.64. The Labute approximate surface area is 178 Å². The second kappa shape index (κ2) is 7.63. The zero-order valence-corrected chi connectivity index (χ0v) is 16.8. The Morgan fingerprint density at radius 3 is 2.57 bits per heavy atom. The van der Waals surface area contributed by atoms with E-state index in [2.05, 4.69) is 10.1 Å². The second-order valence-electron chi connectivity index (χ2n) is 6.34. The van der Waals surface area contributed by atoms with E-state index in [4.69, 9.17) is 33.2 Å². The summed E-state index contributed by atoms with van der Waals surface area (Å²) in [6, 6.07) is 11.7. The lowest BCUT2D eigenvalue weighted by Gasteiger charge is -2.12. The van der Waals surface area contributed by atoms with E-state index in [0.717, 1.165) is 21.1 Å². The zero-order chi connectivity index (χ0) is 21.4. The minimum Gasteiger partial charge on any atom is -0.454 e. The molecule has 4 rings (SSSR count). The molecule has 0 aliphatic carbocycles. The first-order valence-electron chi connectivity index (χ1n) is 8.53. The number of aryl methyl sites for hydroxylation is 1. The SMILES string of the molecule is Cc1cnc2ccc(Oc3c(Cl)cc(-n4nc(C#N)c(=O)[nH]c4=O)cc3Cl)cc2c1. The second-order valence-corrected chi connectivity index (χ2v) is 7.15. The van der Waals surface area contributed by atoms with E-state index < -0.39 is 16.9 Å². The van der Waals surface area contributed by atoms with Gasteiger partial charge in [0.05, 0.1) is 21.2 Å². The molecule has 0 bridgehead atoms. The minimum absolute atomic E-state index is 0.110. The molecule has 0 aliphatic rings. The number of ether oxygens (including phenoxy) is 1. The van der Waals surface area contributed by atoms with Crippen molar-refractivity contribution in [1.29, 1.82) is 5.26 Å². The number of aromatic nitrogens is 4. The van der Waals surface area contributed by atoms with Crippen LogP contribution in [0, 0.1) is 18.3 Å². The minimum atomic E-state index is -0.878. The molecule has 0 unspecified atom stereocenters. The Bertz CT molecular complexity index is 1450. The maximum Gasteiger partial charge on any atom is 0.349 e. The van der Waals surface area contributed by atoms with Crippen LogP contribution in [0.25, 0.3) is 16.6 Å². The van der Waals surface area contributed by atoms with Crippen molar-refractivity contribution in [2.75, 3.05) is 0 Å². The van der Waals surface area contributed by atoms with Crippen LogP contribution in [0.4, 0.5) is 0 Å². The van der Waals surface area contributed by atoms with Crippen LogP contribution < -0.4 is 16.0 Å². The molecule has 0 saturated carbocycles. The van der Waals surface area contributed by atoms with Crippen LogP contribution in [0.3, 0.4) is 0 Å². The molecule has 4 aromatic rings. The van der Waals surface area contributed by atoms with Gasteiger partial charge in [-0.3, -0.25) is 14.8 Å². The molecule has 2 heterocycles. The van der Waals surface area contributed by atoms with Gasteiger partial charge in [-0.2, -0.15) is 9.94 Å². The van der Waals surface area contributed by atoms with Crippen LogP contribution in [0.15, 0.2) is 52.2 Å². The summed E-state index contributed by atoms with van der Waals surface area (Å²) in [6.07, 6.45) is 1.78. The van der Waals surface area contributed by atoms with Gasteiger partial charge in [-0.15, -0.1) is 5.10 Å². The smallest absolute Gasteiger partial charge is 0.349 e. The van der Waals surface area contributed by atoms with Gasteiger partial charge in [0.2, 0.25) is 5.69 Å². The van der Waals surface area contributed by atoms with Crippen LogP contribution >= 0.6 is 23.2 Å². The Hall–Kier alpha value is -3.67. The molecular formula is C20H11Cl2N5O3. The van der Waals surface area contributed by atoms with Gasteiger partial charge in [0, 0.05) is 11.6 Å². The number of H-pyrrole nitrogens is 1. The van der Waals surface area contributed by atoms with Crippen molar-refractivity contribution in [2.45, 2.75) is 6.92 Å². The summed E-state index contributed by atoms with van der Waals surface area (Å²) in [7, 11) is 0. The first-order chi connectivity index (χ1) is 14.4. The van der Waals surface area contributed by atoms with Gasteiger partial charge < -0.3 is 4.74 Å². The van der Waals surface area contributed by atoms with Crippen molar-refractivity contribution >= 4 is 34.1 Å². The molecular weight excluding hydrogens is 429 g/mol. The molecule has 8 nitrogen and oxygen atoms in total. The predicted molar refractivity (Wildman–Crippen MR) is 112 cm³/mol. The first kappa shape index (κ1) is 19.6. The monoisotopic (exact) mass is 439 g/mol. The zero-order valence-electron chi connectivity index (χ0n) is 15.3. The molecule has 148 valence electrons. The molecule has 0 atom stereocenters. The fraction of sp³-hybridized carbons (Fsp3) is 0.0500. The van der Waals surface area contributed by atoms with Crippen LogP contribution in [-0.4, -0.2) is 19.7 Å². The van der Waals surface area contributed by atoms with Gasteiger partial charge in [0.1, 0.15) is 11.8 Å². The number of benzene rings is 2. The summed E-state index contributed by atoms with van der Waals surface area (Å²) >= 11 is 12.7. The average Bonchev–Trinajstić information content (AvgIpc) is 2.70. The number of fused-ring (bicyclic) bond motifs is 1. The molecule has 0 spiro atoms. The summed E-state index contributed by atoms with van der Waals surface area (Å²) in [4.78, 5) is 30.0. The number of aromatic amines is 1. The fourth-order valence-corrected chi connectivity index (χ4v) is 3.37. The molecule has 0 radical (unpaired) electrons. The van der Waals surface area contributed by atoms with E-state index in [1.54, 1.807) is 18.3 Å². The summed E-state index contributed by atoms with van der Waals surface area (Å²) in [5.41, 5.74) is -0.197. The third-order valence-electron chi connectivity index (χ3n) is 4.17. The van der Waals surface area contributed by atoms with Gasteiger partial charge in [0.25, 0.3) is 5.56 Å². The average molecular weight is 440 g/mol. The van der Waals surface area contributed by atoms with Crippen molar-refractivity contribution in [2.24, 2.45) is 0 Å². The normalized spacial score (nSPS) is 10.7. The first-order valence-corrected chi connectivity index (χ1v) is 9.29. The van der Waals surface area contributed by atoms with Crippen LogP contribution in [0.2, 0.25) is 10.0 Å². The standard InChI is InChI=1S/C20H11Cl2N5O3/c1-10-4-11-5-13(2-3-16(11)24-9-10)30-18-14(21)6-12(7-15(18)22)27-20(29)25-19(28)17(8-23)26-27/h2-7,9H,1H3,(H,25,28,29). The lowest BCUT2D eigenvalue weighted by Crippen LogP contribution is -2.33. The molecule has 0 aliphatic heterocycles. The Kier molecular flexibility index (Phi) is 4.99. The highest BCUT2D eigenvalue weighted by molar-refractivity contribution is 6.37. The number of nitriles is 1. The van der Waals surface area contributed by atoms with E-state index in [1.165, 1.54) is 12.1 Å². The molecule has 0 fully saturated rings. The number of hydrogen-bond donors (Lipinski definition) is 1. The van der Waals surface area contributed by atoms with E-state index in [-0.39, 0.29) is 21.5 Å². The summed E-state index contributed by atoms with van der Waals surface area (Å²) < 4.78 is 6.69. The van der Waals surface area contributed by atoms with Crippen LogP contribution in [0.5, 0.6) is 11.5 Å². The van der Waals surface area contributed by atoms with Gasteiger partial charge in [-0.1, -0.05) is 23.2 Å². The maximum atomic E-state index is 12.1. The molecule has 2 aromatic carbocycles. The molecule has 1 N–H and O–H groups in total. The Morgan fingerprint density at radius 2 is 1.87 bits per heavy atom. The number of nitrogens with one attached hydrogen (secondary N) is 1. The predicted octanol–water partition coefficient (Wildman–Crippen LogP) is 3.75. The number of hydrogen-bond acceptors (Lipinski definition) is 6. The molecule has 30 heavy (non-hydrogen) atoms. The highest BCUT2D eigenvalue weighted by Gasteiger charge is 2.15. The number of pyridine rings is 1. The van der Waals surface area contributed by atoms with Crippen molar-refractivity contribution in [3.8, 4) is 23.3 Å². The maximum absolute atomic E-state index is 12.1. The Balaban J connectivity index is 1.75. The third-order valence-corrected chi connectivity index (χ3v) is 4.73. The van der Waals surface area contributed by atoms with Crippen LogP contribution in [-0.2, 0) is 0 Å². The number of rotatable bonds is 3. The number of halogens is 2. The van der Waals surface area contributed by atoms with E-state index >= 15 is 0 Å². The highest BCUT2D eigenvalue weighted by Crippen LogP contribution is 2.38. The van der Waals surface area contributed by atoms with Gasteiger partial charge >= 0.3 is 5.69 Å². The summed E-state index contributed by atoms with van der Waals surface area (Å²) in [5.74, 6) is 0.678. The van der Waals surface area contributed by atoms with Crippen LogP contribution in [0.1, 0.15) is 11.3 Å². The van der Waals surface area contributed by atoms with Crippen molar-refractivity contribution in [3.05, 3.63) is 84.7 Å². The molecule has 2 aromatic heterocycles. The quantitative estimate of drug-likeness (QED) is 0.519. The summed E-state index contributed by atoms with van der Waals surface area (Å²) in [5, 5.41) is 13.8. The van der Waals surface area contributed by atoms with Gasteiger partial charge in [-0.05, 0) is 48.9 Å². The van der Waals surface area contributed by atoms with Crippen molar-refractivity contribution < 1.29 is 4.74 Å². The lowest BCUT2D eigenvalue weighted by atomic mass is 10.1. The van der Waals surface area contributed by atoms with E-state index in [9.17, 15) is 9.59 Å². The van der Waals surface area contributed by atoms with E-state index in [0.29, 0.717) is 5.75 Å². The van der Waals surface area contributed by atoms with Gasteiger partial charge in [0.15, 0.2) is 5.75 Å². The lowest BCUT2D eigenvalue weighted by molar-refractivity contribution is 0.483. The molecule has 10 heteroatoms. The van der Waals surface area contributed by atoms with Crippen molar-refractivity contribution in [1.82, 2.24) is 19.7 Å². The van der Waals surface area contributed by atoms with Crippen molar-refractivity contribution in [3.63, 3.8) is 0 Å². The Morgan fingerprint density at radius 1 is 1.13 bits per heavy atom. The summed E-state index contributed by atoms with van der Waals surface area (Å²) in [6.45, 7) is 1.94. The largest absolute Gasteiger partial charge is 0.454 e. The molecule has 0 amide bonds. The van der Waals surface area contributed by atoms with E-state index in [1.807, 2.05) is 30.1 Å². The molecule has 0 saturated heterocycles.